The van der Waals surface area contributed by atoms with Crippen molar-refractivity contribution in [3.05, 3.63) is 12.2 Å². The van der Waals surface area contributed by atoms with E-state index in [1.807, 2.05) is 0 Å². The van der Waals surface area contributed by atoms with Gasteiger partial charge in [0.1, 0.15) is 6.04 Å². The molecule has 0 saturated heterocycles. The van der Waals surface area contributed by atoms with Crippen molar-refractivity contribution in [3.8, 4) is 0 Å². The molecule has 0 unspecified atom stereocenters. The number of aliphatic hydroxyl groups is 1. The monoisotopic (exact) mass is 769 g/mol. The Morgan fingerprint density at radius 3 is 2.13 bits per heavy atom. The third kappa shape index (κ3) is 8.04. The number of nitrogens with one attached hydrogen (secondary N) is 2. The van der Waals surface area contributed by atoms with Crippen molar-refractivity contribution in [2.45, 2.75) is 176 Å². The smallest absolute Gasteiger partial charge is 0.328 e. The van der Waals surface area contributed by atoms with E-state index in [0.29, 0.717) is 42.6 Å². The molecule has 9 nitrogen and oxygen atoms in total. The predicted octanol–water partition coefficient (Wildman–Crippen LogP) is 8.46. The largest absolute Gasteiger partial charge is 0.469 e. The molecule has 55 heavy (non-hydrogen) atoms. The van der Waals surface area contributed by atoms with Crippen molar-refractivity contribution >= 4 is 23.8 Å². The van der Waals surface area contributed by atoms with Gasteiger partial charge >= 0.3 is 11.9 Å². The Morgan fingerprint density at radius 2 is 1.45 bits per heavy atom. The maximum absolute atomic E-state index is 14.5. The minimum absolute atomic E-state index is 0.0275. The van der Waals surface area contributed by atoms with Gasteiger partial charge in [-0.2, -0.15) is 0 Å². The maximum atomic E-state index is 14.5. The van der Waals surface area contributed by atoms with Gasteiger partial charge in [0.25, 0.3) is 0 Å². The van der Waals surface area contributed by atoms with Crippen molar-refractivity contribution in [2.24, 2.45) is 56.7 Å². The molecule has 312 valence electrons. The van der Waals surface area contributed by atoms with E-state index in [0.717, 1.165) is 77.0 Å². The third-order valence-corrected chi connectivity index (χ3v) is 17.3. The van der Waals surface area contributed by atoms with Crippen LogP contribution in [0.1, 0.15) is 164 Å². The first-order valence-electron chi connectivity index (χ1n) is 22.0. The summed E-state index contributed by atoms with van der Waals surface area (Å²) in [6.45, 7) is 19.9. The molecule has 0 bridgehead atoms. The van der Waals surface area contributed by atoms with Gasteiger partial charge in [-0.15, -0.1) is 0 Å². The number of unbranched alkanes of at least 4 members (excludes halogenated alkanes) is 5. The van der Waals surface area contributed by atoms with Crippen LogP contribution in [0.2, 0.25) is 0 Å². The van der Waals surface area contributed by atoms with Gasteiger partial charge in [0.05, 0.1) is 25.7 Å². The lowest BCUT2D eigenvalue weighted by molar-refractivity contribution is -0.246. The van der Waals surface area contributed by atoms with E-state index in [9.17, 15) is 24.3 Å². The zero-order valence-corrected chi connectivity index (χ0v) is 35.8. The summed E-state index contributed by atoms with van der Waals surface area (Å²) in [5, 5.41) is 17.3. The number of amides is 2. The van der Waals surface area contributed by atoms with Crippen LogP contribution >= 0.6 is 0 Å². The molecular weight excluding hydrogens is 693 g/mol. The van der Waals surface area contributed by atoms with E-state index in [1.165, 1.54) is 45.5 Å². The lowest BCUT2D eigenvalue weighted by Gasteiger charge is -2.72. The van der Waals surface area contributed by atoms with Crippen LogP contribution < -0.4 is 10.6 Å². The topological polar surface area (TPSA) is 131 Å². The van der Waals surface area contributed by atoms with Gasteiger partial charge in [0.15, 0.2) is 0 Å². The molecule has 5 fully saturated rings. The van der Waals surface area contributed by atoms with Crippen molar-refractivity contribution in [1.82, 2.24) is 10.6 Å². The van der Waals surface area contributed by atoms with Crippen molar-refractivity contribution in [2.75, 3.05) is 20.8 Å². The maximum Gasteiger partial charge on any atom is 0.328 e. The Morgan fingerprint density at radius 1 is 0.764 bits per heavy atom. The van der Waals surface area contributed by atoms with Crippen molar-refractivity contribution in [1.29, 1.82) is 0 Å². The summed E-state index contributed by atoms with van der Waals surface area (Å²) >= 11 is 0. The number of ether oxygens (including phenoxy) is 2. The zero-order valence-electron chi connectivity index (χ0n) is 35.8. The Balaban J connectivity index is 1.12. The van der Waals surface area contributed by atoms with E-state index >= 15 is 0 Å². The zero-order chi connectivity index (χ0) is 40.4. The fraction of sp³-hybridized carbons (Fsp3) is 0.870. The molecule has 5 rings (SSSR count). The molecule has 0 aromatic carbocycles. The van der Waals surface area contributed by atoms with Gasteiger partial charge in [-0.25, -0.2) is 4.79 Å². The summed E-state index contributed by atoms with van der Waals surface area (Å²) in [6, 6.07) is -0.858. The van der Waals surface area contributed by atoms with Gasteiger partial charge in [-0.3, -0.25) is 14.4 Å². The molecule has 5 saturated carbocycles. The first-order chi connectivity index (χ1) is 25.9. The van der Waals surface area contributed by atoms with Gasteiger partial charge in [-0.1, -0.05) is 72.5 Å². The molecule has 0 aromatic heterocycles. The minimum atomic E-state index is -0.858. The Bertz CT molecular complexity index is 1430. The molecule has 0 heterocycles. The number of aliphatic hydroxyl groups excluding tert-OH is 1. The summed E-state index contributed by atoms with van der Waals surface area (Å²) < 4.78 is 9.42. The number of allylic oxidation sites excluding steroid dienone is 1. The molecule has 9 heteroatoms. The lowest BCUT2D eigenvalue weighted by Crippen LogP contribution is -2.67. The van der Waals surface area contributed by atoms with E-state index in [-0.39, 0.29) is 57.8 Å². The van der Waals surface area contributed by atoms with Crippen LogP contribution in [0.15, 0.2) is 12.2 Å². The quantitative estimate of drug-likeness (QED) is 0.0816. The molecule has 3 N–H and O–H groups in total. The number of carbonyl (C=O) groups is 4. The number of hydrogen-bond donors (Lipinski definition) is 3. The van der Waals surface area contributed by atoms with E-state index < -0.39 is 18.0 Å². The summed E-state index contributed by atoms with van der Waals surface area (Å²) in [7, 11) is 2.56. The molecule has 5 aliphatic rings. The highest BCUT2D eigenvalue weighted by molar-refractivity contribution is 5.85. The number of fused-ring (bicyclic) bond motifs is 7. The fourth-order valence-corrected chi connectivity index (χ4v) is 14.0. The van der Waals surface area contributed by atoms with Gasteiger partial charge < -0.3 is 25.2 Å². The Kier molecular flexibility index (Phi) is 13.7. The third-order valence-electron chi connectivity index (χ3n) is 17.3. The molecule has 11 atom stereocenters. The van der Waals surface area contributed by atoms with Gasteiger partial charge in [-0.05, 0) is 142 Å². The second-order valence-corrected chi connectivity index (χ2v) is 20.1. The average molecular weight is 769 g/mol. The lowest BCUT2D eigenvalue weighted by atomic mass is 9.32. The van der Waals surface area contributed by atoms with Gasteiger partial charge in [0.2, 0.25) is 11.8 Å². The number of hydrogen-bond acceptors (Lipinski definition) is 7. The fourth-order valence-electron chi connectivity index (χ4n) is 14.0. The van der Waals surface area contributed by atoms with Gasteiger partial charge in [0, 0.05) is 19.4 Å². The highest BCUT2D eigenvalue weighted by Crippen LogP contribution is 2.77. The minimum Gasteiger partial charge on any atom is -0.469 e. The van der Waals surface area contributed by atoms with Crippen molar-refractivity contribution in [3.63, 3.8) is 0 Å². The van der Waals surface area contributed by atoms with Crippen LogP contribution in [0.5, 0.6) is 0 Å². The second-order valence-electron chi connectivity index (χ2n) is 20.1. The number of esters is 2. The highest BCUT2D eigenvalue weighted by Gasteiger charge is 2.71. The van der Waals surface area contributed by atoms with Crippen LogP contribution in [0.4, 0.5) is 0 Å². The number of methoxy groups -OCH3 is 2. The first-order valence-corrected chi connectivity index (χ1v) is 22.0. The van der Waals surface area contributed by atoms with Crippen LogP contribution in [0.3, 0.4) is 0 Å². The normalized spacial score (nSPS) is 37.9. The molecule has 0 aromatic rings. The molecule has 0 radical (unpaired) electrons. The molecular formula is C46H76N2O7. The molecule has 2 amide bonds. The highest BCUT2D eigenvalue weighted by atomic mass is 16.5. The predicted molar refractivity (Wildman–Crippen MR) is 216 cm³/mol. The summed E-state index contributed by atoms with van der Waals surface area (Å²) in [6.07, 6.45) is 17.0. The Hall–Kier alpha value is -2.42. The van der Waals surface area contributed by atoms with Crippen LogP contribution in [0.25, 0.3) is 0 Å². The van der Waals surface area contributed by atoms with Crippen LogP contribution in [0, 0.1) is 56.7 Å². The van der Waals surface area contributed by atoms with Crippen molar-refractivity contribution < 1.29 is 33.8 Å². The van der Waals surface area contributed by atoms with E-state index in [4.69, 9.17) is 4.74 Å². The number of carbonyl (C=O) groups excluding carboxylic acids is 4. The second kappa shape index (κ2) is 17.2. The molecule has 0 aliphatic heterocycles. The van der Waals surface area contributed by atoms with E-state index in [2.05, 4.69) is 63.5 Å². The summed E-state index contributed by atoms with van der Waals surface area (Å²) in [5.74, 6) is 1.54. The summed E-state index contributed by atoms with van der Waals surface area (Å²) in [5.41, 5.74) is 1.57. The first kappa shape index (κ1) is 43.7. The average Bonchev–Trinajstić information content (AvgIpc) is 3.55. The van der Waals surface area contributed by atoms with Crippen LogP contribution in [-0.2, 0) is 28.7 Å². The number of rotatable bonds is 16. The van der Waals surface area contributed by atoms with E-state index in [1.54, 1.807) is 0 Å². The summed E-state index contributed by atoms with van der Waals surface area (Å²) in [4.78, 5) is 50.5. The van der Waals surface area contributed by atoms with Crippen LogP contribution in [-0.4, -0.2) is 61.8 Å². The molecule has 5 aliphatic carbocycles. The SMILES string of the molecule is C=C(C)[C@@H]1CC[C@]2(C(=O)NCCCCCCCCC(=O)N[C@@H](CCC(=O)OC)C(=O)OC)CC[C@]3(C)[C@H](CC[C@@H]4[C@@]5(C)CC[C@H](O)C(C)(C)[C@@H]5CC[C@]43C)[C@@H]12. The molecule has 0 spiro atoms. The standard InChI is InChI=1S/C46H76N2O7/c1-30(2)31-21-26-46(41(53)47-29-15-13-11-10-12-14-16-37(50)48-33(40(52)55-9)18-20-38(51)54-8)28-27-44(6)32(39(31)46)17-19-35-43(5)24-23-36(49)42(3,4)34(43)22-25-45(35,44)7/h31-36,39,49H,1,10-29H2,2-9H3,(H,47,53)(H,48,50)/t31-,32+,33-,34-,35+,36-,39+,43-,44+,45+,46-/m0/s1. The Labute approximate surface area is 332 Å².